The molecule has 1 fully saturated rings. The first-order valence-corrected chi connectivity index (χ1v) is 13.1. The van der Waals surface area contributed by atoms with Gasteiger partial charge in [-0.3, -0.25) is 24.3 Å². The second-order valence-corrected chi connectivity index (χ2v) is 9.54. The number of aromatic nitrogens is 2. The van der Waals surface area contributed by atoms with E-state index in [9.17, 15) is 19.2 Å². The molecule has 39 heavy (non-hydrogen) atoms. The summed E-state index contributed by atoms with van der Waals surface area (Å²) in [6.07, 6.45) is 2.72. The van der Waals surface area contributed by atoms with Crippen LogP contribution in [0.5, 0.6) is 0 Å². The maximum Gasteiger partial charge on any atom is 0.311 e. The minimum atomic E-state index is -0.846. The van der Waals surface area contributed by atoms with Crippen LogP contribution in [0.1, 0.15) is 53.0 Å². The number of nitrogens with one attached hydrogen (secondary N) is 3. The maximum absolute atomic E-state index is 13.2. The highest BCUT2D eigenvalue weighted by atomic mass is 16.5. The van der Waals surface area contributed by atoms with E-state index in [0.717, 1.165) is 12.0 Å². The van der Waals surface area contributed by atoms with Gasteiger partial charge >= 0.3 is 5.97 Å². The quantitative estimate of drug-likeness (QED) is 0.207. The molecule has 2 amide bonds. The molecule has 10 nitrogen and oxygen atoms in total. The molecule has 0 radical (unpaired) electrons. The second kappa shape index (κ2) is 13.5. The van der Waals surface area contributed by atoms with Crippen LogP contribution in [0.15, 0.2) is 66.7 Å². The van der Waals surface area contributed by atoms with Gasteiger partial charge in [0.15, 0.2) is 12.4 Å². The predicted molar refractivity (Wildman–Crippen MR) is 145 cm³/mol. The Balaban J connectivity index is 1.35. The monoisotopic (exact) mass is 531 g/mol. The molecular weight excluding hydrogens is 498 g/mol. The Morgan fingerprint density at radius 3 is 2.46 bits per heavy atom. The third-order valence-corrected chi connectivity index (χ3v) is 6.80. The number of carbonyl (C=O) groups is 4. The van der Waals surface area contributed by atoms with Gasteiger partial charge in [0.2, 0.25) is 5.91 Å². The number of H-pyrrole nitrogens is 1. The highest BCUT2D eigenvalue weighted by Crippen LogP contribution is 2.27. The molecule has 5 N–H and O–H groups in total. The molecule has 1 heterocycles. The van der Waals surface area contributed by atoms with E-state index in [4.69, 9.17) is 10.5 Å². The first-order valence-electron chi connectivity index (χ1n) is 13.1. The molecule has 3 atom stereocenters. The summed E-state index contributed by atoms with van der Waals surface area (Å²) in [4.78, 5) is 51.2. The van der Waals surface area contributed by atoms with Crippen molar-refractivity contribution in [3.8, 4) is 11.3 Å². The Kier molecular flexibility index (Phi) is 9.58. The Morgan fingerprint density at radius 1 is 1.03 bits per heavy atom. The smallest absolute Gasteiger partial charge is 0.311 e. The van der Waals surface area contributed by atoms with Crippen LogP contribution < -0.4 is 16.4 Å². The summed E-state index contributed by atoms with van der Waals surface area (Å²) in [5.74, 6) is -2.24. The van der Waals surface area contributed by atoms with Gasteiger partial charge in [-0.05, 0) is 38.3 Å². The lowest BCUT2D eigenvalue weighted by molar-refractivity contribution is -0.148. The third kappa shape index (κ3) is 7.38. The first-order chi connectivity index (χ1) is 19.0. The molecule has 3 aromatic rings. The molecule has 2 unspecified atom stereocenters. The number of hydrogen-bond donors (Lipinski definition) is 4. The number of ether oxygens (including phenoxy) is 1. The fraction of sp³-hybridized carbons (Fsp3) is 0.345. The molecule has 0 spiro atoms. The largest absolute Gasteiger partial charge is 0.457 e. The molecule has 1 saturated carbocycles. The number of rotatable bonds is 12. The molecule has 1 aliphatic rings. The van der Waals surface area contributed by atoms with Crippen molar-refractivity contribution in [3.05, 3.63) is 78.0 Å². The fourth-order valence-corrected chi connectivity index (χ4v) is 4.67. The van der Waals surface area contributed by atoms with Crippen molar-refractivity contribution >= 4 is 23.6 Å². The zero-order chi connectivity index (χ0) is 27.6. The second-order valence-electron chi connectivity index (χ2n) is 9.54. The summed E-state index contributed by atoms with van der Waals surface area (Å²) in [6, 6.07) is 18.4. The Labute approximate surface area is 226 Å². The van der Waals surface area contributed by atoms with E-state index in [1.54, 1.807) is 36.4 Å². The molecule has 0 bridgehead atoms. The van der Waals surface area contributed by atoms with E-state index >= 15 is 0 Å². The van der Waals surface area contributed by atoms with Crippen molar-refractivity contribution in [2.24, 2.45) is 11.7 Å². The Hall–Kier alpha value is -4.31. The summed E-state index contributed by atoms with van der Waals surface area (Å²) < 4.78 is 5.30. The predicted octanol–water partition coefficient (Wildman–Crippen LogP) is 2.63. The number of ketones is 1. The molecule has 2 aromatic carbocycles. The number of Topliss-reactive ketones (excluding diaryl/α,β-unsaturated/α-hetero) is 1. The number of hydrogen-bond acceptors (Lipinski definition) is 7. The molecule has 204 valence electrons. The van der Waals surface area contributed by atoms with Crippen LogP contribution >= 0.6 is 0 Å². The van der Waals surface area contributed by atoms with Gasteiger partial charge in [0.1, 0.15) is 11.7 Å². The summed E-state index contributed by atoms with van der Waals surface area (Å²) in [7, 11) is 0. The van der Waals surface area contributed by atoms with Gasteiger partial charge in [-0.15, -0.1) is 0 Å². The normalized spacial score (nSPS) is 17.3. The van der Waals surface area contributed by atoms with E-state index < -0.39 is 35.8 Å². The SMILES string of the molecule is NCCCC(NC(=O)c1cc(-c2ccccc2)n[nH]1)C(=O)N[C@H]1CCCC1C(=O)OCC(=O)c1ccccc1. The number of nitrogens with zero attached hydrogens (tertiary/aromatic N) is 1. The van der Waals surface area contributed by atoms with Gasteiger partial charge in [0.25, 0.3) is 5.91 Å². The maximum atomic E-state index is 13.2. The van der Waals surface area contributed by atoms with Crippen molar-refractivity contribution in [1.82, 2.24) is 20.8 Å². The number of esters is 1. The van der Waals surface area contributed by atoms with Crippen LogP contribution in [0.4, 0.5) is 0 Å². The van der Waals surface area contributed by atoms with E-state index in [2.05, 4.69) is 20.8 Å². The molecule has 4 rings (SSSR count). The van der Waals surface area contributed by atoms with Crippen molar-refractivity contribution in [2.45, 2.75) is 44.2 Å². The Morgan fingerprint density at radius 2 is 1.74 bits per heavy atom. The van der Waals surface area contributed by atoms with Gasteiger partial charge in [-0.1, -0.05) is 67.1 Å². The van der Waals surface area contributed by atoms with Crippen molar-refractivity contribution < 1.29 is 23.9 Å². The molecule has 0 saturated heterocycles. The van der Waals surface area contributed by atoms with E-state index in [-0.39, 0.29) is 18.1 Å². The molecule has 1 aromatic heterocycles. The minimum absolute atomic E-state index is 0.227. The van der Waals surface area contributed by atoms with E-state index in [1.165, 1.54) is 0 Å². The lowest BCUT2D eigenvalue weighted by Gasteiger charge is -2.24. The summed E-state index contributed by atoms with van der Waals surface area (Å²) >= 11 is 0. The standard InChI is InChI=1S/C29H33N5O5/c30-16-8-15-23(32-28(37)25-17-24(33-34-25)19-9-3-1-4-10-19)27(36)31-22-14-7-13-21(22)29(38)39-18-26(35)20-11-5-2-6-12-20/h1-6,9-12,17,21-23H,7-8,13-16,18,30H2,(H,31,36)(H,32,37)(H,33,34)/t21?,22-,23?/m0/s1. The topological polar surface area (TPSA) is 156 Å². The number of benzene rings is 2. The fourth-order valence-electron chi connectivity index (χ4n) is 4.67. The van der Waals surface area contributed by atoms with Crippen LogP contribution in [-0.4, -0.2) is 59.0 Å². The summed E-state index contributed by atoms with van der Waals surface area (Å²) in [5.41, 5.74) is 7.82. The molecular formula is C29H33N5O5. The van der Waals surface area contributed by atoms with Gasteiger partial charge in [0.05, 0.1) is 11.6 Å². The zero-order valence-corrected chi connectivity index (χ0v) is 21.6. The summed E-state index contributed by atoms with van der Waals surface area (Å²) in [5, 5.41) is 12.6. The zero-order valence-electron chi connectivity index (χ0n) is 21.6. The first kappa shape index (κ1) is 27.7. The van der Waals surface area contributed by atoms with Crippen LogP contribution in [0.3, 0.4) is 0 Å². The minimum Gasteiger partial charge on any atom is -0.457 e. The van der Waals surface area contributed by atoms with Crippen LogP contribution in [0, 0.1) is 5.92 Å². The van der Waals surface area contributed by atoms with Crippen molar-refractivity contribution in [1.29, 1.82) is 0 Å². The number of amides is 2. The van der Waals surface area contributed by atoms with E-state index in [0.29, 0.717) is 43.5 Å². The van der Waals surface area contributed by atoms with Gasteiger partial charge in [0, 0.05) is 17.2 Å². The van der Waals surface area contributed by atoms with E-state index in [1.807, 2.05) is 30.3 Å². The number of carbonyl (C=O) groups excluding carboxylic acids is 4. The molecule has 0 aliphatic heterocycles. The number of aromatic amines is 1. The number of nitrogens with two attached hydrogens (primary N) is 1. The molecule has 10 heteroatoms. The lowest BCUT2D eigenvalue weighted by Crippen LogP contribution is -2.51. The van der Waals surface area contributed by atoms with Gasteiger partial charge in [-0.25, -0.2) is 0 Å². The van der Waals surface area contributed by atoms with Crippen molar-refractivity contribution in [2.75, 3.05) is 13.2 Å². The van der Waals surface area contributed by atoms with Crippen LogP contribution in [-0.2, 0) is 14.3 Å². The average molecular weight is 532 g/mol. The highest BCUT2D eigenvalue weighted by Gasteiger charge is 2.37. The van der Waals surface area contributed by atoms with Gasteiger partial charge < -0.3 is 21.1 Å². The lowest BCUT2D eigenvalue weighted by atomic mass is 10.0. The molecule has 1 aliphatic carbocycles. The van der Waals surface area contributed by atoms with Gasteiger partial charge in [-0.2, -0.15) is 5.10 Å². The Bertz CT molecular complexity index is 1280. The average Bonchev–Trinajstić information content (AvgIpc) is 3.65. The third-order valence-electron chi connectivity index (χ3n) is 6.80. The van der Waals surface area contributed by atoms with Crippen LogP contribution in [0.25, 0.3) is 11.3 Å². The summed E-state index contributed by atoms with van der Waals surface area (Å²) in [6.45, 7) is 0.0000331. The highest BCUT2D eigenvalue weighted by molar-refractivity contribution is 5.98. The van der Waals surface area contributed by atoms with Crippen molar-refractivity contribution in [3.63, 3.8) is 0 Å². The van der Waals surface area contributed by atoms with Crippen LogP contribution in [0.2, 0.25) is 0 Å².